The summed E-state index contributed by atoms with van der Waals surface area (Å²) in [5.74, 6) is -1.80. The number of rotatable bonds is 5. The summed E-state index contributed by atoms with van der Waals surface area (Å²) in [5.41, 5.74) is 2.58. The smallest absolute Gasteiger partial charge is 0.301 e. The van der Waals surface area contributed by atoms with Crippen molar-refractivity contribution in [1.82, 2.24) is 4.98 Å². The van der Waals surface area contributed by atoms with Gasteiger partial charge < -0.3 is 9.84 Å². The summed E-state index contributed by atoms with van der Waals surface area (Å²) in [5, 5.41) is 11.5. The zero-order valence-corrected chi connectivity index (χ0v) is 19.8. The van der Waals surface area contributed by atoms with Crippen LogP contribution in [0.15, 0.2) is 72.3 Å². The summed E-state index contributed by atoms with van der Waals surface area (Å²) < 4.78 is 19.6. The van der Waals surface area contributed by atoms with Gasteiger partial charge in [0, 0.05) is 5.56 Å². The molecular weight excluding hydrogens is 467 g/mol. The molecule has 0 bridgehead atoms. The Bertz CT molecular complexity index is 1480. The van der Waals surface area contributed by atoms with E-state index in [0.717, 1.165) is 16.7 Å². The molecule has 0 radical (unpaired) electrons. The van der Waals surface area contributed by atoms with Gasteiger partial charge in [0.1, 0.15) is 17.3 Å². The van der Waals surface area contributed by atoms with E-state index in [2.05, 4.69) is 4.98 Å². The van der Waals surface area contributed by atoms with Crippen molar-refractivity contribution in [2.75, 3.05) is 12.0 Å². The lowest BCUT2D eigenvalue weighted by Crippen LogP contribution is -2.29. The molecule has 1 saturated heterocycles. The largest absolute Gasteiger partial charge is 0.507 e. The Morgan fingerprint density at radius 2 is 1.80 bits per heavy atom. The van der Waals surface area contributed by atoms with E-state index in [1.165, 1.54) is 40.5 Å². The Morgan fingerprint density at radius 1 is 1.09 bits per heavy atom. The number of aliphatic hydroxyl groups excluding tert-OH is 1. The van der Waals surface area contributed by atoms with Gasteiger partial charge in [0.05, 0.1) is 28.9 Å². The molecule has 176 valence electrons. The van der Waals surface area contributed by atoms with Crippen LogP contribution in [0, 0.1) is 5.82 Å². The van der Waals surface area contributed by atoms with E-state index in [4.69, 9.17) is 4.74 Å². The Kier molecular flexibility index (Phi) is 5.82. The number of Topliss-reactive ketones (excluding diaryl/α,β-unsaturated/α-hetero) is 1. The van der Waals surface area contributed by atoms with Crippen LogP contribution in [0.5, 0.6) is 5.75 Å². The predicted octanol–water partition coefficient (Wildman–Crippen LogP) is 5.63. The number of hydrogen-bond donors (Lipinski definition) is 1. The number of hydrogen-bond acceptors (Lipinski definition) is 6. The third-order valence-corrected chi connectivity index (χ3v) is 7.07. The molecule has 6 nitrogen and oxygen atoms in total. The average molecular weight is 489 g/mol. The van der Waals surface area contributed by atoms with Crippen LogP contribution < -0.4 is 9.64 Å². The standard InChI is InChI=1S/C27H21FN2O4S/c1-3-15-4-6-16(7-5-15)23-22(24(31)17-8-10-18(28)11-9-17)25(32)26(33)30(23)27-29-20-13-12-19(34-2)14-21(20)35-27/h4-14,23,31H,3H2,1-2H3. The summed E-state index contributed by atoms with van der Waals surface area (Å²) in [4.78, 5) is 32.5. The van der Waals surface area contributed by atoms with Crippen LogP contribution in [0.3, 0.4) is 0 Å². The third kappa shape index (κ3) is 3.95. The lowest BCUT2D eigenvalue weighted by molar-refractivity contribution is -0.132. The number of ether oxygens (including phenoxy) is 1. The van der Waals surface area contributed by atoms with E-state index in [1.807, 2.05) is 37.3 Å². The summed E-state index contributed by atoms with van der Waals surface area (Å²) in [6.45, 7) is 2.03. The summed E-state index contributed by atoms with van der Waals surface area (Å²) in [6, 6.07) is 17.2. The number of carbonyl (C=O) groups is 2. The van der Waals surface area contributed by atoms with Crippen molar-refractivity contribution in [2.24, 2.45) is 0 Å². The molecular formula is C27H21FN2O4S. The first kappa shape index (κ1) is 22.7. The molecule has 1 fully saturated rings. The fourth-order valence-corrected chi connectivity index (χ4v) is 5.19. The van der Waals surface area contributed by atoms with Gasteiger partial charge in [0.25, 0.3) is 5.78 Å². The van der Waals surface area contributed by atoms with E-state index in [-0.39, 0.29) is 16.9 Å². The molecule has 4 aromatic rings. The van der Waals surface area contributed by atoms with Crippen LogP contribution in [0.1, 0.15) is 29.7 Å². The van der Waals surface area contributed by atoms with E-state index in [9.17, 15) is 19.1 Å². The van der Waals surface area contributed by atoms with E-state index < -0.39 is 23.5 Å². The van der Waals surface area contributed by atoms with Gasteiger partial charge in [-0.05, 0) is 60.0 Å². The van der Waals surface area contributed by atoms with Crippen LogP contribution in [-0.2, 0) is 16.0 Å². The molecule has 2 heterocycles. The minimum absolute atomic E-state index is 0.0670. The molecule has 35 heavy (non-hydrogen) atoms. The number of amides is 1. The molecule has 1 aliphatic rings. The Hall–Kier alpha value is -4.04. The Labute approximate surface area is 204 Å². The minimum atomic E-state index is -0.895. The third-order valence-electron chi connectivity index (χ3n) is 6.06. The number of aromatic nitrogens is 1. The van der Waals surface area contributed by atoms with Crippen LogP contribution >= 0.6 is 11.3 Å². The molecule has 0 saturated carbocycles. The highest BCUT2D eigenvalue weighted by molar-refractivity contribution is 7.22. The molecule has 5 rings (SSSR count). The first-order valence-electron chi connectivity index (χ1n) is 11.0. The summed E-state index contributed by atoms with van der Waals surface area (Å²) >= 11 is 1.26. The molecule has 3 aromatic carbocycles. The molecule has 1 aliphatic heterocycles. The van der Waals surface area contributed by atoms with Gasteiger partial charge in [-0.1, -0.05) is 42.5 Å². The maximum Gasteiger partial charge on any atom is 0.301 e. The minimum Gasteiger partial charge on any atom is -0.507 e. The van der Waals surface area contributed by atoms with Crippen molar-refractivity contribution < 1.29 is 23.8 Å². The summed E-state index contributed by atoms with van der Waals surface area (Å²) in [7, 11) is 1.57. The second-order valence-corrected chi connectivity index (χ2v) is 9.11. The average Bonchev–Trinajstić information content (AvgIpc) is 3.41. The normalized spacial score (nSPS) is 17.3. The Balaban J connectivity index is 1.70. The molecule has 0 aliphatic carbocycles. The number of aryl methyl sites for hydroxylation is 1. The molecule has 1 amide bonds. The molecule has 8 heteroatoms. The van der Waals surface area contributed by atoms with E-state index >= 15 is 0 Å². The molecule has 1 N–H and O–H groups in total. The second-order valence-electron chi connectivity index (χ2n) is 8.10. The van der Waals surface area contributed by atoms with Crippen molar-refractivity contribution >= 4 is 44.1 Å². The van der Waals surface area contributed by atoms with Crippen molar-refractivity contribution in [3.63, 3.8) is 0 Å². The van der Waals surface area contributed by atoms with E-state index in [1.54, 1.807) is 19.2 Å². The zero-order valence-electron chi connectivity index (χ0n) is 19.0. The van der Waals surface area contributed by atoms with Gasteiger partial charge >= 0.3 is 5.91 Å². The fraction of sp³-hybridized carbons (Fsp3) is 0.148. The number of benzene rings is 3. The lowest BCUT2D eigenvalue weighted by Gasteiger charge is -2.23. The quantitative estimate of drug-likeness (QED) is 0.224. The maximum absolute atomic E-state index is 13.5. The number of halogens is 1. The van der Waals surface area contributed by atoms with E-state index in [0.29, 0.717) is 22.0 Å². The van der Waals surface area contributed by atoms with Crippen LogP contribution in [0.25, 0.3) is 16.0 Å². The first-order chi connectivity index (χ1) is 16.9. The van der Waals surface area contributed by atoms with Crippen molar-refractivity contribution in [3.05, 3.63) is 94.8 Å². The summed E-state index contributed by atoms with van der Waals surface area (Å²) in [6.07, 6.45) is 0.829. The highest BCUT2D eigenvalue weighted by Crippen LogP contribution is 2.44. The fourth-order valence-electron chi connectivity index (χ4n) is 4.17. The number of ketones is 1. The Morgan fingerprint density at radius 3 is 2.46 bits per heavy atom. The van der Waals surface area contributed by atoms with Crippen LogP contribution in [0.2, 0.25) is 0 Å². The highest BCUT2D eigenvalue weighted by atomic mass is 32.1. The van der Waals surface area contributed by atoms with Gasteiger partial charge in [0.2, 0.25) is 0 Å². The molecule has 1 unspecified atom stereocenters. The number of aliphatic hydroxyl groups is 1. The van der Waals surface area contributed by atoms with Crippen molar-refractivity contribution in [2.45, 2.75) is 19.4 Å². The van der Waals surface area contributed by atoms with Gasteiger partial charge in [-0.3, -0.25) is 14.5 Å². The predicted molar refractivity (Wildman–Crippen MR) is 133 cm³/mol. The lowest BCUT2D eigenvalue weighted by atomic mass is 9.94. The SMILES string of the molecule is CCc1ccc(C2C(=C(O)c3ccc(F)cc3)C(=O)C(=O)N2c2nc3ccc(OC)cc3s2)cc1. The van der Waals surface area contributed by atoms with Crippen molar-refractivity contribution in [1.29, 1.82) is 0 Å². The topological polar surface area (TPSA) is 79.7 Å². The number of methoxy groups -OCH3 is 1. The van der Waals surface area contributed by atoms with Gasteiger partial charge in [0.15, 0.2) is 5.13 Å². The first-order valence-corrected chi connectivity index (χ1v) is 11.8. The van der Waals surface area contributed by atoms with Crippen LogP contribution in [0.4, 0.5) is 9.52 Å². The van der Waals surface area contributed by atoms with Gasteiger partial charge in [-0.15, -0.1) is 0 Å². The van der Waals surface area contributed by atoms with Gasteiger partial charge in [-0.25, -0.2) is 9.37 Å². The maximum atomic E-state index is 13.5. The number of carbonyl (C=O) groups excluding carboxylic acids is 2. The highest BCUT2D eigenvalue weighted by Gasteiger charge is 2.48. The number of nitrogens with zero attached hydrogens (tertiary/aromatic N) is 2. The number of anilines is 1. The molecule has 1 aromatic heterocycles. The zero-order chi connectivity index (χ0) is 24.7. The number of thiazole rings is 1. The van der Waals surface area contributed by atoms with Crippen molar-refractivity contribution in [3.8, 4) is 5.75 Å². The molecule has 0 spiro atoms. The van der Waals surface area contributed by atoms with Gasteiger partial charge in [-0.2, -0.15) is 0 Å². The second kappa shape index (κ2) is 8.96. The van der Waals surface area contributed by atoms with Crippen LogP contribution in [-0.4, -0.2) is 28.9 Å². The number of fused-ring (bicyclic) bond motifs is 1. The molecule has 1 atom stereocenters. The monoisotopic (exact) mass is 488 g/mol.